The monoisotopic (exact) mass is 182 g/mol. The van der Waals surface area contributed by atoms with E-state index in [1.807, 2.05) is 19.9 Å². The van der Waals surface area contributed by atoms with Crippen molar-refractivity contribution in [2.45, 2.75) is 20.4 Å². The highest BCUT2D eigenvalue weighted by Gasteiger charge is 2.04. The molecule has 0 radical (unpaired) electrons. The molecule has 0 fully saturated rings. The molecule has 0 saturated carbocycles. The summed E-state index contributed by atoms with van der Waals surface area (Å²) in [5.74, 6) is -0.0196. The van der Waals surface area contributed by atoms with Crippen LogP contribution in [0.3, 0.4) is 0 Å². The maximum absolute atomic E-state index is 11.1. The Hall–Kier alpha value is -1.36. The summed E-state index contributed by atoms with van der Waals surface area (Å²) < 4.78 is 0. The molecular weight excluding hydrogens is 168 g/mol. The van der Waals surface area contributed by atoms with Gasteiger partial charge in [-0.1, -0.05) is 13.8 Å². The number of hydrogen-bond donors (Lipinski definition) is 3. The van der Waals surface area contributed by atoms with Crippen LogP contribution in [0.5, 0.6) is 0 Å². The minimum absolute atomic E-state index is 0.00531. The SMILES string of the molecule is CC(C)C(=O)NNCc1ccn[nH]1. The van der Waals surface area contributed by atoms with Crippen molar-refractivity contribution in [3.05, 3.63) is 18.0 Å². The number of H-pyrrole nitrogens is 1. The van der Waals surface area contributed by atoms with E-state index in [1.165, 1.54) is 0 Å². The van der Waals surface area contributed by atoms with Crippen LogP contribution < -0.4 is 10.9 Å². The number of rotatable bonds is 4. The van der Waals surface area contributed by atoms with Gasteiger partial charge in [0.25, 0.3) is 0 Å². The molecule has 1 aromatic heterocycles. The summed E-state index contributed by atoms with van der Waals surface area (Å²) in [6, 6.07) is 1.84. The van der Waals surface area contributed by atoms with Crippen LogP contribution in [0.15, 0.2) is 12.3 Å². The van der Waals surface area contributed by atoms with Gasteiger partial charge in [-0.05, 0) is 6.07 Å². The van der Waals surface area contributed by atoms with Crippen LogP contribution in [0.1, 0.15) is 19.5 Å². The molecule has 1 rings (SSSR count). The van der Waals surface area contributed by atoms with Gasteiger partial charge < -0.3 is 0 Å². The van der Waals surface area contributed by atoms with Crippen molar-refractivity contribution in [1.29, 1.82) is 0 Å². The lowest BCUT2D eigenvalue weighted by Gasteiger charge is -2.07. The van der Waals surface area contributed by atoms with Gasteiger partial charge in [-0.15, -0.1) is 0 Å². The number of carbonyl (C=O) groups is 1. The van der Waals surface area contributed by atoms with Gasteiger partial charge in [0, 0.05) is 12.1 Å². The predicted molar refractivity (Wildman–Crippen MR) is 48.4 cm³/mol. The van der Waals surface area contributed by atoms with E-state index in [0.717, 1.165) is 5.69 Å². The Morgan fingerprint density at radius 3 is 3.00 bits per heavy atom. The number of aromatic nitrogens is 2. The van der Waals surface area contributed by atoms with E-state index in [-0.39, 0.29) is 11.8 Å². The summed E-state index contributed by atoms with van der Waals surface area (Å²) in [6.07, 6.45) is 1.67. The number of amides is 1. The van der Waals surface area contributed by atoms with Crippen LogP contribution in [-0.2, 0) is 11.3 Å². The number of hydrazine groups is 1. The molecule has 0 spiro atoms. The highest BCUT2D eigenvalue weighted by molar-refractivity contribution is 5.77. The van der Waals surface area contributed by atoms with Gasteiger partial charge in [0.2, 0.25) is 5.91 Å². The number of nitrogens with zero attached hydrogens (tertiary/aromatic N) is 1. The molecular formula is C8H14N4O. The van der Waals surface area contributed by atoms with Crippen LogP contribution in [0.4, 0.5) is 0 Å². The van der Waals surface area contributed by atoms with Gasteiger partial charge in [-0.25, -0.2) is 5.43 Å². The molecule has 0 atom stereocenters. The first-order chi connectivity index (χ1) is 6.20. The molecule has 0 aliphatic heterocycles. The fourth-order valence-electron chi connectivity index (χ4n) is 0.754. The Morgan fingerprint density at radius 1 is 1.69 bits per heavy atom. The molecule has 0 unspecified atom stereocenters. The van der Waals surface area contributed by atoms with Gasteiger partial charge in [-0.2, -0.15) is 5.10 Å². The summed E-state index contributed by atoms with van der Waals surface area (Å²) in [6.45, 7) is 4.24. The number of aromatic amines is 1. The molecule has 0 aliphatic rings. The highest BCUT2D eigenvalue weighted by atomic mass is 16.2. The van der Waals surface area contributed by atoms with Crippen LogP contribution in [0.25, 0.3) is 0 Å². The summed E-state index contributed by atoms with van der Waals surface area (Å²) in [5.41, 5.74) is 6.32. The first-order valence-electron chi connectivity index (χ1n) is 4.21. The van der Waals surface area contributed by atoms with Crippen molar-refractivity contribution in [2.24, 2.45) is 5.92 Å². The first kappa shape index (κ1) is 9.73. The lowest BCUT2D eigenvalue weighted by molar-refractivity contribution is -0.125. The van der Waals surface area contributed by atoms with Gasteiger partial charge in [-0.3, -0.25) is 15.3 Å². The second kappa shape index (κ2) is 4.61. The Labute approximate surface area is 76.9 Å². The van der Waals surface area contributed by atoms with Crippen molar-refractivity contribution < 1.29 is 4.79 Å². The largest absolute Gasteiger partial charge is 0.291 e. The lowest BCUT2D eigenvalue weighted by atomic mass is 10.2. The first-order valence-corrected chi connectivity index (χ1v) is 4.21. The van der Waals surface area contributed by atoms with Crippen LogP contribution in [0, 0.1) is 5.92 Å². The van der Waals surface area contributed by atoms with Crippen LogP contribution >= 0.6 is 0 Å². The van der Waals surface area contributed by atoms with Crippen molar-refractivity contribution in [3.63, 3.8) is 0 Å². The Bertz CT molecular complexity index is 255. The second-order valence-corrected chi connectivity index (χ2v) is 3.08. The molecule has 0 saturated heterocycles. The van der Waals surface area contributed by atoms with Crippen molar-refractivity contribution in [1.82, 2.24) is 21.0 Å². The van der Waals surface area contributed by atoms with Gasteiger partial charge in [0.15, 0.2) is 0 Å². The van der Waals surface area contributed by atoms with E-state index in [9.17, 15) is 4.79 Å². The summed E-state index contributed by atoms with van der Waals surface area (Å²) in [4.78, 5) is 11.1. The zero-order valence-electron chi connectivity index (χ0n) is 7.79. The second-order valence-electron chi connectivity index (χ2n) is 3.08. The molecule has 13 heavy (non-hydrogen) atoms. The molecule has 1 heterocycles. The summed E-state index contributed by atoms with van der Waals surface area (Å²) >= 11 is 0. The summed E-state index contributed by atoms with van der Waals surface area (Å²) in [7, 11) is 0. The van der Waals surface area contributed by atoms with Gasteiger partial charge in [0.1, 0.15) is 0 Å². The van der Waals surface area contributed by atoms with Gasteiger partial charge in [0.05, 0.1) is 12.2 Å². The minimum atomic E-state index is -0.0143. The van der Waals surface area contributed by atoms with Crippen molar-refractivity contribution >= 4 is 5.91 Å². The molecule has 1 amide bonds. The average molecular weight is 182 g/mol. The van der Waals surface area contributed by atoms with Crippen molar-refractivity contribution in [3.8, 4) is 0 Å². The van der Waals surface area contributed by atoms with E-state index in [1.54, 1.807) is 6.20 Å². The van der Waals surface area contributed by atoms with Crippen LogP contribution in [0.2, 0.25) is 0 Å². The highest BCUT2D eigenvalue weighted by Crippen LogP contribution is 1.90. The normalized spacial score (nSPS) is 10.4. The zero-order valence-corrected chi connectivity index (χ0v) is 7.79. The fraction of sp³-hybridized carbons (Fsp3) is 0.500. The van der Waals surface area contributed by atoms with Gasteiger partial charge >= 0.3 is 0 Å². The van der Waals surface area contributed by atoms with E-state index in [2.05, 4.69) is 21.0 Å². The molecule has 5 nitrogen and oxygen atoms in total. The quantitative estimate of drug-likeness (QED) is 0.582. The van der Waals surface area contributed by atoms with E-state index in [0.29, 0.717) is 6.54 Å². The molecule has 0 aliphatic carbocycles. The topological polar surface area (TPSA) is 69.8 Å². The van der Waals surface area contributed by atoms with E-state index >= 15 is 0 Å². The Kier molecular flexibility index (Phi) is 3.45. The molecule has 0 aromatic carbocycles. The number of carbonyl (C=O) groups excluding carboxylic acids is 1. The summed E-state index contributed by atoms with van der Waals surface area (Å²) in [5, 5.41) is 6.55. The Balaban J connectivity index is 2.18. The predicted octanol–water partition coefficient (Wildman–Crippen LogP) is 0.186. The van der Waals surface area contributed by atoms with E-state index in [4.69, 9.17) is 0 Å². The molecule has 0 bridgehead atoms. The zero-order chi connectivity index (χ0) is 9.68. The molecule has 5 heteroatoms. The maximum atomic E-state index is 11.1. The van der Waals surface area contributed by atoms with Crippen LogP contribution in [-0.4, -0.2) is 16.1 Å². The fourth-order valence-corrected chi connectivity index (χ4v) is 0.754. The lowest BCUT2D eigenvalue weighted by Crippen LogP contribution is -2.39. The third kappa shape index (κ3) is 3.25. The number of nitrogens with one attached hydrogen (secondary N) is 3. The minimum Gasteiger partial charge on any atom is -0.291 e. The van der Waals surface area contributed by atoms with Crippen molar-refractivity contribution in [2.75, 3.05) is 0 Å². The molecule has 3 N–H and O–H groups in total. The molecule has 72 valence electrons. The smallest absolute Gasteiger partial charge is 0.236 e. The third-order valence-electron chi connectivity index (χ3n) is 1.57. The average Bonchev–Trinajstić information content (AvgIpc) is 2.56. The standard InChI is InChI=1S/C8H14N4O/c1-6(2)8(13)12-10-5-7-3-4-9-11-7/h3-4,6,10H,5H2,1-2H3,(H,9,11)(H,12,13). The number of hydrogen-bond acceptors (Lipinski definition) is 3. The van der Waals surface area contributed by atoms with E-state index < -0.39 is 0 Å². The molecule has 1 aromatic rings. The maximum Gasteiger partial charge on any atom is 0.236 e. The third-order valence-corrected chi connectivity index (χ3v) is 1.57. The Morgan fingerprint density at radius 2 is 2.46 bits per heavy atom.